The number of amides is 1. The smallest absolute Gasteiger partial charge is 0.490 e. The van der Waals surface area contributed by atoms with Gasteiger partial charge in [0.1, 0.15) is 35.7 Å². The lowest BCUT2D eigenvalue weighted by Crippen LogP contribution is -2.43. The Morgan fingerprint density at radius 3 is 2.56 bits per heavy atom. The fraction of sp³-hybridized carbons (Fsp3) is 0.389. The molecule has 2 atom stereocenters. The molecule has 0 unspecified atom stereocenters. The molecule has 3 N–H and O–H groups in total. The van der Waals surface area contributed by atoms with E-state index in [1.165, 1.54) is 19.2 Å². The molecule has 3 saturated heterocycles. The number of methoxy groups -OCH3 is 1. The number of ether oxygens (including phenoxy) is 2. The summed E-state index contributed by atoms with van der Waals surface area (Å²) in [4.78, 5) is 33.8. The third kappa shape index (κ3) is 7.07. The minimum atomic E-state index is -5.08. The van der Waals surface area contributed by atoms with Crippen molar-refractivity contribution in [2.45, 2.75) is 43.6 Å². The van der Waals surface area contributed by atoms with Crippen LogP contribution >= 0.6 is 0 Å². The van der Waals surface area contributed by atoms with Gasteiger partial charge in [-0.2, -0.15) is 23.1 Å². The van der Waals surface area contributed by atoms with E-state index >= 15 is 8.78 Å². The molecule has 4 aromatic rings. The fourth-order valence-electron chi connectivity index (χ4n) is 7.35. The van der Waals surface area contributed by atoms with E-state index in [1.807, 2.05) is 0 Å². The topological polar surface area (TPSA) is 137 Å². The number of carbonyl (C=O) groups is 2. The number of terminal acetylenes is 1. The highest BCUT2D eigenvalue weighted by Gasteiger charge is 2.49. The van der Waals surface area contributed by atoms with Gasteiger partial charge in [0, 0.05) is 50.0 Å². The fourth-order valence-corrected chi connectivity index (χ4v) is 7.35. The van der Waals surface area contributed by atoms with Crippen molar-refractivity contribution in [1.82, 2.24) is 20.2 Å². The number of anilines is 1. The Balaban J connectivity index is 0.000000649. The van der Waals surface area contributed by atoms with Gasteiger partial charge in [0.05, 0.1) is 29.2 Å². The molecule has 3 aromatic carbocycles. The summed E-state index contributed by atoms with van der Waals surface area (Å²) in [7, 11) is 1.20. The molecule has 54 heavy (non-hydrogen) atoms. The largest absolute Gasteiger partial charge is 0.508 e. The highest BCUT2D eigenvalue weighted by molar-refractivity contribution is 6.06. The Kier molecular flexibility index (Phi) is 10.4. The third-order valence-electron chi connectivity index (χ3n) is 9.70. The van der Waals surface area contributed by atoms with Gasteiger partial charge in [0.15, 0.2) is 17.4 Å². The number of aliphatic carboxylic acids is 1. The van der Waals surface area contributed by atoms with Crippen LogP contribution in [0.5, 0.6) is 17.5 Å². The highest BCUT2D eigenvalue weighted by Crippen LogP contribution is 2.47. The van der Waals surface area contributed by atoms with Gasteiger partial charge in [-0.3, -0.25) is 9.69 Å². The molecule has 0 spiro atoms. The van der Waals surface area contributed by atoms with Gasteiger partial charge in [-0.15, -0.1) is 6.42 Å². The van der Waals surface area contributed by atoms with Gasteiger partial charge in [0.25, 0.3) is 0 Å². The van der Waals surface area contributed by atoms with E-state index in [0.29, 0.717) is 13.0 Å². The maximum absolute atomic E-state index is 17.0. The average molecular weight is 764 g/mol. The lowest BCUT2D eigenvalue weighted by molar-refractivity contribution is -0.192. The molecule has 1 amide bonds. The van der Waals surface area contributed by atoms with E-state index in [0.717, 1.165) is 25.1 Å². The van der Waals surface area contributed by atoms with Gasteiger partial charge >= 0.3 is 18.2 Å². The van der Waals surface area contributed by atoms with E-state index in [9.17, 15) is 31.9 Å². The molecular formula is C36H32F7N5O6. The second kappa shape index (κ2) is 14.7. The number of phenolic OH excluding ortho intramolecular Hbond substituents is 1. The van der Waals surface area contributed by atoms with Crippen molar-refractivity contribution >= 4 is 39.4 Å². The number of nitrogens with one attached hydrogen (secondary N) is 1. The predicted octanol–water partition coefficient (Wildman–Crippen LogP) is 5.48. The molecule has 1 aromatic heterocycles. The predicted molar refractivity (Wildman–Crippen MR) is 181 cm³/mol. The summed E-state index contributed by atoms with van der Waals surface area (Å²) < 4.78 is 106. The molecule has 0 saturated carbocycles. The van der Waals surface area contributed by atoms with Gasteiger partial charge in [-0.05, 0) is 43.0 Å². The molecule has 0 radical (unpaired) electrons. The van der Waals surface area contributed by atoms with Crippen LogP contribution in [0.2, 0.25) is 0 Å². The molecule has 3 aliphatic heterocycles. The molecule has 0 aliphatic carbocycles. The first-order valence-electron chi connectivity index (χ1n) is 16.6. The summed E-state index contributed by atoms with van der Waals surface area (Å²) in [6, 6.07) is 4.64. The summed E-state index contributed by atoms with van der Waals surface area (Å²) in [5.41, 5.74) is -2.04. The van der Waals surface area contributed by atoms with Crippen LogP contribution in [0.4, 0.5) is 36.6 Å². The number of aromatic nitrogens is 2. The van der Waals surface area contributed by atoms with Crippen LogP contribution in [0, 0.1) is 29.8 Å². The number of nitrogens with zero attached hydrogens (tertiary/aromatic N) is 4. The minimum Gasteiger partial charge on any atom is -0.508 e. The summed E-state index contributed by atoms with van der Waals surface area (Å²) in [5, 5.41) is 20.6. The number of benzene rings is 3. The molecule has 4 heterocycles. The summed E-state index contributed by atoms with van der Waals surface area (Å²) >= 11 is 0. The minimum absolute atomic E-state index is 0.00907. The van der Waals surface area contributed by atoms with Crippen LogP contribution in [-0.2, 0) is 9.59 Å². The summed E-state index contributed by atoms with van der Waals surface area (Å²) in [5.74, 6) is -4.45. The molecule has 3 fully saturated rings. The number of aromatic hydroxyl groups is 1. The Bertz CT molecular complexity index is 2200. The normalized spacial score (nSPS) is 20.2. The number of carboxylic acid groups (broad SMARTS) is 1. The lowest BCUT2D eigenvalue weighted by atomic mass is 9.92. The van der Waals surface area contributed by atoms with Gasteiger partial charge in [-0.1, -0.05) is 12.0 Å². The van der Waals surface area contributed by atoms with E-state index < -0.39 is 52.6 Å². The first kappa shape index (κ1) is 38.2. The Morgan fingerprint density at radius 1 is 1.13 bits per heavy atom. The SMILES string of the molecule is C#Cc1c(F)ccc2cc(O)cc(-c3c(F)c(OC)c4c(N5CCNC(=O)CC5)nc(OC[C@@]56CCCN5C[C@H](F)C6)nc4c3F)c12.O=C(O)C(F)(F)F. The third-order valence-corrected chi connectivity index (χ3v) is 9.70. The van der Waals surface area contributed by atoms with Crippen LogP contribution in [0.1, 0.15) is 31.2 Å². The van der Waals surface area contributed by atoms with Crippen LogP contribution in [0.15, 0.2) is 24.3 Å². The molecule has 11 nitrogen and oxygen atoms in total. The number of carbonyl (C=O) groups excluding carboxylic acids is 1. The molecule has 3 aliphatic rings. The quantitative estimate of drug-likeness (QED) is 0.171. The standard InChI is InChI=1S/C34H31F4N5O4.C2HF3O2/c1-3-21-23(36)6-5-18-13-20(44)14-22(25(18)21)26-28(37)30-27(31(46-2)29(26)38)32(42-11-7-24(45)39-9-12-42)41-33(40-30)47-17-34-8-4-10-43(34)16-19(35)15-34;3-2(4,5)1(6)7/h1,5-6,13-14,19,44H,4,7-12,15-17H2,2H3,(H,39,45);(H,6,7)/t19-,34+;/m1./s1. The van der Waals surface area contributed by atoms with Gasteiger partial charge in [-0.25, -0.2) is 22.4 Å². The van der Waals surface area contributed by atoms with Crippen LogP contribution in [0.25, 0.3) is 32.8 Å². The maximum Gasteiger partial charge on any atom is 0.490 e. The maximum atomic E-state index is 17.0. The number of hydrogen-bond acceptors (Lipinski definition) is 9. The van der Waals surface area contributed by atoms with Crippen LogP contribution < -0.4 is 19.7 Å². The number of fused-ring (bicyclic) bond motifs is 3. The van der Waals surface area contributed by atoms with E-state index in [2.05, 4.69) is 26.1 Å². The van der Waals surface area contributed by atoms with Crippen molar-refractivity contribution in [3.05, 3.63) is 47.3 Å². The van der Waals surface area contributed by atoms with Crippen molar-refractivity contribution in [3.63, 3.8) is 0 Å². The van der Waals surface area contributed by atoms with E-state index in [1.54, 1.807) is 4.90 Å². The van der Waals surface area contributed by atoms with Crippen molar-refractivity contribution < 1.29 is 60.0 Å². The van der Waals surface area contributed by atoms with Crippen LogP contribution in [-0.4, -0.2) is 101 Å². The van der Waals surface area contributed by atoms with Crippen molar-refractivity contribution in [2.75, 3.05) is 51.3 Å². The number of carboxylic acids is 1. The Labute approximate surface area is 302 Å². The van der Waals surface area contributed by atoms with E-state index in [4.69, 9.17) is 25.8 Å². The number of phenols is 1. The average Bonchev–Trinajstić information content (AvgIpc) is 3.55. The number of rotatable bonds is 6. The molecule has 0 bridgehead atoms. The number of halogens is 7. The Morgan fingerprint density at radius 2 is 1.87 bits per heavy atom. The zero-order valence-corrected chi connectivity index (χ0v) is 28.5. The molecule has 18 heteroatoms. The molecular weight excluding hydrogens is 731 g/mol. The Hall–Kier alpha value is -5.57. The second-order valence-electron chi connectivity index (χ2n) is 13.0. The summed E-state index contributed by atoms with van der Waals surface area (Å²) in [6.07, 6.45) is 1.51. The monoisotopic (exact) mass is 763 g/mol. The van der Waals surface area contributed by atoms with Crippen molar-refractivity contribution in [1.29, 1.82) is 0 Å². The lowest BCUT2D eigenvalue weighted by Gasteiger charge is -2.31. The van der Waals surface area contributed by atoms with Gasteiger partial charge < -0.3 is 29.9 Å². The second-order valence-corrected chi connectivity index (χ2v) is 13.0. The number of alkyl halides is 4. The van der Waals surface area contributed by atoms with Crippen LogP contribution in [0.3, 0.4) is 0 Å². The molecule has 7 rings (SSSR count). The van der Waals surface area contributed by atoms with Crippen molar-refractivity contribution in [3.8, 4) is 41.0 Å². The number of hydrogen-bond donors (Lipinski definition) is 3. The van der Waals surface area contributed by atoms with E-state index in [-0.39, 0.29) is 95.4 Å². The first-order chi connectivity index (χ1) is 25.6. The van der Waals surface area contributed by atoms with Gasteiger partial charge in [0.2, 0.25) is 5.91 Å². The highest BCUT2D eigenvalue weighted by atomic mass is 19.4. The molecule has 286 valence electrons. The van der Waals surface area contributed by atoms with Crippen molar-refractivity contribution in [2.24, 2.45) is 0 Å². The first-order valence-corrected chi connectivity index (χ1v) is 16.6. The summed E-state index contributed by atoms with van der Waals surface area (Å²) in [6.45, 7) is 1.76. The zero-order valence-electron chi connectivity index (χ0n) is 28.5. The zero-order chi connectivity index (χ0) is 39.1.